The van der Waals surface area contributed by atoms with Crippen LogP contribution in [0, 0.1) is 0 Å². The van der Waals surface area contributed by atoms with Gasteiger partial charge in [0, 0.05) is 12.6 Å². The molecule has 0 unspecified atom stereocenters. The Kier molecular flexibility index (Phi) is 3.28. The zero-order valence-corrected chi connectivity index (χ0v) is 11.5. The molecule has 0 atom stereocenters. The maximum absolute atomic E-state index is 12.3. The molecule has 4 nitrogen and oxygen atoms in total. The minimum absolute atomic E-state index is 0.137. The van der Waals surface area contributed by atoms with Crippen molar-refractivity contribution < 1.29 is 9.90 Å². The number of aliphatic imine (C=N–C) groups is 1. The number of likely N-dealkylation sites (N-methyl/N-ethyl adjacent to an activating group) is 1. The standard InChI is InChI=1S/C17H14N2O2/c1-19-16(13-5-3-2-4-6-13)18-15(17(19)21)11-12-7-9-14(20)10-8-12/h2-11,20H,1H3/b15-11+. The van der Waals surface area contributed by atoms with Crippen LogP contribution < -0.4 is 0 Å². The van der Waals surface area contributed by atoms with E-state index in [1.165, 1.54) is 0 Å². The quantitative estimate of drug-likeness (QED) is 0.859. The summed E-state index contributed by atoms with van der Waals surface area (Å²) in [5.41, 5.74) is 2.12. The number of phenols is 1. The minimum Gasteiger partial charge on any atom is -0.508 e. The third-order valence-electron chi connectivity index (χ3n) is 3.30. The molecule has 2 aromatic carbocycles. The van der Waals surface area contributed by atoms with Gasteiger partial charge in [-0.2, -0.15) is 0 Å². The minimum atomic E-state index is -0.137. The Labute approximate surface area is 122 Å². The van der Waals surface area contributed by atoms with E-state index in [9.17, 15) is 9.90 Å². The topological polar surface area (TPSA) is 52.9 Å². The lowest BCUT2D eigenvalue weighted by Crippen LogP contribution is -2.28. The summed E-state index contributed by atoms with van der Waals surface area (Å²) in [4.78, 5) is 18.2. The molecule has 0 aromatic heterocycles. The first kappa shape index (κ1) is 13.1. The van der Waals surface area contributed by atoms with Crippen LogP contribution in [0.4, 0.5) is 0 Å². The number of nitrogens with zero attached hydrogens (tertiary/aromatic N) is 2. The second-order valence-corrected chi connectivity index (χ2v) is 4.79. The summed E-state index contributed by atoms with van der Waals surface area (Å²) >= 11 is 0. The van der Waals surface area contributed by atoms with E-state index in [0.29, 0.717) is 11.5 Å². The van der Waals surface area contributed by atoms with E-state index < -0.39 is 0 Å². The number of phenolic OH excluding ortho intramolecular Hbond substituents is 1. The van der Waals surface area contributed by atoms with Gasteiger partial charge in [0.2, 0.25) is 0 Å². The molecule has 0 saturated carbocycles. The van der Waals surface area contributed by atoms with Gasteiger partial charge in [-0.1, -0.05) is 42.5 Å². The number of hydrogen-bond donors (Lipinski definition) is 1. The predicted molar refractivity (Wildman–Crippen MR) is 81.8 cm³/mol. The SMILES string of the molecule is CN1C(=O)/C(=C\c2ccc(O)cc2)N=C1c1ccccc1. The fraction of sp³-hybridized carbons (Fsp3) is 0.0588. The van der Waals surface area contributed by atoms with Gasteiger partial charge >= 0.3 is 0 Å². The number of carbonyl (C=O) groups excluding carboxylic acids is 1. The van der Waals surface area contributed by atoms with Crippen LogP contribution >= 0.6 is 0 Å². The van der Waals surface area contributed by atoms with Gasteiger partial charge in [0.15, 0.2) is 0 Å². The summed E-state index contributed by atoms with van der Waals surface area (Å²) in [7, 11) is 1.71. The molecule has 1 aliphatic rings. The zero-order chi connectivity index (χ0) is 14.8. The van der Waals surface area contributed by atoms with Crippen LogP contribution in [0.3, 0.4) is 0 Å². The van der Waals surface area contributed by atoms with E-state index in [-0.39, 0.29) is 11.7 Å². The number of carbonyl (C=O) groups is 1. The van der Waals surface area contributed by atoms with Crippen molar-refractivity contribution in [1.29, 1.82) is 0 Å². The Morgan fingerprint density at radius 2 is 1.71 bits per heavy atom. The van der Waals surface area contributed by atoms with Gasteiger partial charge in [-0.25, -0.2) is 4.99 Å². The third kappa shape index (κ3) is 2.56. The molecule has 0 bridgehead atoms. The van der Waals surface area contributed by atoms with Crippen LogP contribution in [0.2, 0.25) is 0 Å². The van der Waals surface area contributed by atoms with Crippen molar-refractivity contribution in [2.45, 2.75) is 0 Å². The molecule has 21 heavy (non-hydrogen) atoms. The van der Waals surface area contributed by atoms with Gasteiger partial charge < -0.3 is 5.11 Å². The second kappa shape index (κ2) is 5.25. The Balaban J connectivity index is 1.98. The predicted octanol–water partition coefficient (Wildman–Crippen LogP) is 2.65. The smallest absolute Gasteiger partial charge is 0.277 e. The highest BCUT2D eigenvalue weighted by Gasteiger charge is 2.27. The van der Waals surface area contributed by atoms with Crippen molar-refractivity contribution in [2.24, 2.45) is 4.99 Å². The first-order valence-electron chi connectivity index (χ1n) is 6.58. The van der Waals surface area contributed by atoms with Gasteiger partial charge in [0.25, 0.3) is 5.91 Å². The Morgan fingerprint density at radius 1 is 1.05 bits per heavy atom. The van der Waals surface area contributed by atoms with Crippen molar-refractivity contribution >= 4 is 17.8 Å². The molecule has 0 saturated heterocycles. The zero-order valence-electron chi connectivity index (χ0n) is 11.5. The molecule has 1 heterocycles. The van der Waals surface area contributed by atoms with Crippen LogP contribution in [0.1, 0.15) is 11.1 Å². The Hall–Kier alpha value is -2.88. The molecule has 0 radical (unpaired) electrons. The fourth-order valence-corrected chi connectivity index (χ4v) is 2.17. The van der Waals surface area contributed by atoms with Crippen LogP contribution in [0.15, 0.2) is 65.3 Å². The number of amides is 1. The van der Waals surface area contributed by atoms with E-state index in [2.05, 4.69) is 4.99 Å². The monoisotopic (exact) mass is 278 g/mol. The van der Waals surface area contributed by atoms with Gasteiger partial charge in [-0.3, -0.25) is 9.69 Å². The summed E-state index contributed by atoms with van der Waals surface area (Å²) in [6.45, 7) is 0. The lowest BCUT2D eigenvalue weighted by atomic mass is 10.2. The number of amidine groups is 1. The van der Waals surface area contributed by atoms with E-state index in [1.54, 1.807) is 42.3 Å². The van der Waals surface area contributed by atoms with E-state index in [0.717, 1.165) is 11.1 Å². The summed E-state index contributed by atoms with van der Waals surface area (Å²) in [5, 5.41) is 9.28. The summed E-state index contributed by atoms with van der Waals surface area (Å²) in [5.74, 6) is 0.702. The molecule has 1 N–H and O–H groups in total. The first-order chi connectivity index (χ1) is 10.1. The molecule has 3 rings (SSSR count). The highest BCUT2D eigenvalue weighted by molar-refractivity contribution is 6.19. The van der Waals surface area contributed by atoms with Crippen LogP contribution in [-0.2, 0) is 4.79 Å². The second-order valence-electron chi connectivity index (χ2n) is 4.79. The summed E-state index contributed by atoms with van der Waals surface area (Å²) in [6.07, 6.45) is 1.72. The number of aromatic hydroxyl groups is 1. The van der Waals surface area contributed by atoms with Crippen molar-refractivity contribution in [3.05, 3.63) is 71.4 Å². The normalized spacial score (nSPS) is 16.4. The lowest BCUT2D eigenvalue weighted by molar-refractivity contribution is -0.121. The largest absolute Gasteiger partial charge is 0.508 e. The van der Waals surface area contributed by atoms with Crippen molar-refractivity contribution in [2.75, 3.05) is 7.05 Å². The lowest BCUT2D eigenvalue weighted by Gasteiger charge is -2.11. The van der Waals surface area contributed by atoms with Crippen molar-refractivity contribution in [3.8, 4) is 5.75 Å². The molecule has 4 heteroatoms. The first-order valence-corrected chi connectivity index (χ1v) is 6.58. The molecule has 0 aliphatic carbocycles. The van der Waals surface area contributed by atoms with E-state index in [4.69, 9.17) is 0 Å². The van der Waals surface area contributed by atoms with Crippen molar-refractivity contribution in [3.63, 3.8) is 0 Å². The Bertz CT molecular complexity index is 731. The van der Waals surface area contributed by atoms with Gasteiger partial charge in [-0.05, 0) is 23.8 Å². The molecule has 1 amide bonds. The van der Waals surface area contributed by atoms with E-state index >= 15 is 0 Å². The fourth-order valence-electron chi connectivity index (χ4n) is 2.17. The van der Waals surface area contributed by atoms with Crippen LogP contribution in [-0.4, -0.2) is 28.8 Å². The molecule has 0 fully saturated rings. The number of benzene rings is 2. The molecular formula is C17H14N2O2. The highest BCUT2D eigenvalue weighted by atomic mass is 16.3. The average Bonchev–Trinajstić information content (AvgIpc) is 2.79. The molecule has 2 aromatic rings. The molecule has 104 valence electrons. The van der Waals surface area contributed by atoms with Gasteiger partial charge in [0.1, 0.15) is 17.3 Å². The maximum atomic E-state index is 12.3. The van der Waals surface area contributed by atoms with Crippen LogP contribution in [0.25, 0.3) is 6.08 Å². The average molecular weight is 278 g/mol. The highest BCUT2D eigenvalue weighted by Crippen LogP contribution is 2.21. The van der Waals surface area contributed by atoms with Gasteiger partial charge in [0.05, 0.1) is 0 Å². The number of hydrogen-bond acceptors (Lipinski definition) is 3. The van der Waals surface area contributed by atoms with Gasteiger partial charge in [-0.15, -0.1) is 0 Å². The number of rotatable bonds is 2. The Morgan fingerprint density at radius 3 is 2.38 bits per heavy atom. The molecule has 0 spiro atoms. The van der Waals surface area contributed by atoms with E-state index in [1.807, 2.05) is 30.3 Å². The van der Waals surface area contributed by atoms with Crippen molar-refractivity contribution in [1.82, 2.24) is 4.90 Å². The van der Waals surface area contributed by atoms with Crippen LogP contribution in [0.5, 0.6) is 5.75 Å². The summed E-state index contributed by atoms with van der Waals surface area (Å²) in [6, 6.07) is 16.2. The third-order valence-corrected chi connectivity index (χ3v) is 3.30. The maximum Gasteiger partial charge on any atom is 0.277 e. The molecular weight excluding hydrogens is 264 g/mol. The molecule has 1 aliphatic heterocycles. The summed E-state index contributed by atoms with van der Waals surface area (Å²) < 4.78 is 0.